The maximum atomic E-state index is 13.7. The third-order valence-electron chi connectivity index (χ3n) is 6.63. The smallest absolute Gasteiger partial charge is 0.244 e. The van der Waals surface area contributed by atoms with Gasteiger partial charge in [-0.2, -0.15) is 0 Å². The lowest BCUT2D eigenvalue weighted by molar-refractivity contribution is -0.139. The maximum absolute atomic E-state index is 13.7. The Kier molecular flexibility index (Phi) is 9.89. The average molecular weight is 569 g/mol. The molecule has 1 saturated carbocycles. The predicted octanol–water partition coefficient (Wildman–Crippen LogP) is 5.24. The van der Waals surface area contributed by atoms with Crippen LogP contribution in [0.2, 0.25) is 10.0 Å². The molecule has 1 aliphatic rings. The number of carbonyl (C=O) groups is 2. The van der Waals surface area contributed by atoms with Crippen molar-refractivity contribution in [2.75, 3.05) is 17.1 Å². The van der Waals surface area contributed by atoms with Gasteiger partial charge in [0.25, 0.3) is 0 Å². The minimum absolute atomic E-state index is 0.0689. The van der Waals surface area contributed by atoms with Crippen molar-refractivity contribution in [1.29, 1.82) is 0 Å². The van der Waals surface area contributed by atoms with Gasteiger partial charge in [0, 0.05) is 12.6 Å². The zero-order valence-corrected chi connectivity index (χ0v) is 24.1. The normalized spacial score (nSPS) is 15.2. The van der Waals surface area contributed by atoms with Gasteiger partial charge in [0.15, 0.2) is 0 Å². The Morgan fingerprint density at radius 1 is 1.00 bits per heavy atom. The van der Waals surface area contributed by atoms with E-state index in [1.807, 2.05) is 19.9 Å². The molecule has 0 unspecified atom stereocenters. The number of amides is 2. The zero-order chi connectivity index (χ0) is 27.3. The summed E-state index contributed by atoms with van der Waals surface area (Å²) < 4.78 is 26.6. The Morgan fingerprint density at radius 3 is 2.19 bits per heavy atom. The molecule has 1 aliphatic carbocycles. The van der Waals surface area contributed by atoms with Crippen molar-refractivity contribution in [2.24, 2.45) is 0 Å². The third kappa shape index (κ3) is 8.09. The number of nitrogens with one attached hydrogen (secondary N) is 1. The van der Waals surface area contributed by atoms with E-state index in [2.05, 4.69) is 5.32 Å². The molecule has 3 rings (SSSR count). The number of hydrogen-bond donors (Lipinski definition) is 1. The van der Waals surface area contributed by atoms with Gasteiger partial charge < -0.3 is 10.2 Å². The Morgan fingerprint density at radius 2 is 1.62 bits per heavy atom. The van der Waals surface area contributed by atoms with Crippen LogP contribution >= 0.6 is 23.2 Å². The number of anilines is 1. The number of rotatable bonds is 9. The quantitative estimate of drug-likeness (QED) is 0.448. The first-order valence-electron chi connectivity index (χ1n) is 12.4. The Bertz CT molecular complexity index is 1230. The van der Waals surface area contributed by atoms with Crippen LogP contribution in [-0.2, 0) is 26.2 Å². The van der Waals surface area contributed by atoms with Crippen LogP contribution in [0.1, 0.15) is 55.7 Å². The van der Waals surface area contributed by atoms with Crippen molar-refractivity contribution in [3.8, 4) is 0 Å². The molecule has 37 heavy (non-hydrogen) atoms. The van der Waals surface area contributed by atoms with Gasteiger partial charge in [-0.25, -0.2) is 8.42 Å². The van der Waals surface area contributed by atoms with E-state index in [0.29, 0.717) is 21.3 Å². The lowest BCUT2D eigenvalue weighted by atomic mass is 9.95. The lowest BCUT2D eigenvalue weighted by Crippen LogP contribution is -2.53. The largest absolute Gasteiger partial charge is 0.352 e. The summed E-state index contributed by atoms with van der Waals surface area (Å²) in [6, 6.07) is 9.64. The lowest BCUT2D eigenvalue weighted by Gasteiger charge is -2.33. The Balaban J connectivity index is 1.91. The van der Waals surface area contributed by atoms with Crippen molar-refractivity contribution >= 4 is 50.7 Å². The number of hydrogen-bond acceptors (Lipinski definition) is 4. The van der Waals surface area contributed by atoms with Gasteiger partial charge >= 0.3 is 0 Å². The molecule has 202 valence electrons. The number of carbonyl (C=O) groups excluding carboxylic acids is 2. The summed E-state index contributed by atoms with van der Waals surface area (Å²) in [6.07, 6.45) is 6.17. The number of nitrogens with zero attached hydrogens (tertiary/aromatic N) is 2. The number of sulfonamides is 1. The van der Waals surface area contributed by atoms with Crippen molar-refractivity contribution < 1.29 is 18.0 Å². The minimum Gasteiger partial charge on any atom is -0.352 e. The van der Waals surface area contributed by atoms with Crippen LogP contribution in [0, 0.1) is 13.8 Å². The van der Waals surface area contributed by atoms with Gasteiger partial charge in [-0.1, -0.05) is 54.6 Å². The van der Waals surface area contributed by atoms with Gasteiger partial charge in [-0.05, 0) is 74.6 Å². The van der Waals surface area contributed by atoms with Crippen LogP contribution in [-0.4, -0.2) is 50.0 Å². The molecule has 1 N–H and O–H groups in total. The van der Waals surface area contributed by atoms with E-state index in [0.717, 1.165) is 53.8 Å². The molecule has 2 amide bonds. The van der Waals surface area contributed by atoms with Crippen molar-refractivity contribution in [3.63, 3.8) is 0 Å². The first-order valence-corrected chi connectivity index (χ1v) is 15.1. The molecule has 2 aromatic carbocycles. The summed E-state index contributed by atoms with van der Waals surface area (Å²) in [5.74, 6) is -0.764. The molecule has 2 aromatic rings. The molecular weight excluding hydrogens is 533 g/mol. The van der Waals surface area contributed by atoms with Crippen molar-refractivity contribution in [3.05, 3.63) is 63.1 Å². The highest BCUT2D eigenvalue weighted by molar-refractivity contribution is 7.92. The van der Waals surface area contributed by atoms with Crippen LogP contribution < -0.4 is 9.62 Å². The topological polar surface area (TPSA) is 86.8 Å². The molecule has 1 atom stereocenters. The van der Waals surface area contributed by atoms with E-state index in [1.165, 1.54) is 4.90 Å². The van der Waals surface area contributed by atoms with Gasteiger partial charge in [-0.3, -0.25) is 13.9 Å². The first-order chi connectivity index (χ1) is 17.3. The predicted molar refractivity (Wildman–Crippen MR) is 150 cm³/mol. The average Bonchev–Trinajstić information content (AvgIpc) is 2.81. The molecule has 10 heteroatoms. The van der Waals surface area contributed by atoms with Gasteiger partial charge in [0.05, 0.1) is 22.0 Å². The van der Waals surface area contributed by atoms with E-state index in [-0.39, 0.29) is 18.5 Å². The second-order valence-electron chi connectivity index (χ2n) is 9.91. The number of benzene rings is 2. The van der Waals surface area contributed by atoms with Gasteiger partial charge in [-0.15, -0.1) is 0 Å². The third-order valence-corrected chi connectivity index (χ3v) is 8.51. The molecule has 7 nitrogen and oxygen atoms in total. The second-order valence-corrected chi connectivity index (χ2v) is 12.6. The molecular formula is C27H35Cl2N3O4S. The standard InChI is InChI=1S/C27H35Cl2N3O4S/c1-18-12-19(2)14-23(13-18)32(37(4,35)36)17-26(33)31(16-21-10-11-24(28)25(29)15-21)20(3)27(34)30-22-8-6-5-7-9-22/h10-15,20,22H,5-9,16-17H2,1-4H3,(H,30,34)/t20-/m0/s1. The molecule has 0 aromatic heterocycles. The van der Waals surface area contributed by atoms with Crippen LogP contribution in [0.15, 0.2) is 36.4 Å². The molecule has 0 aliphatic heterocycles. The summed E-state index contributed by atoms with van der Waals surface area (Å²) in [5, 5.41) is 3.79. The van der Waals surface area contributed by atoms with Crippen molar-refractivity contribution in [2.45, 2.75) is 71.5 Å². The summed E-state index contributed by atoms with van der Waals surface area (Å²) in [4.78, 5) is 28.3. The van der Waals surface area contributed by atoms with E-state index in [9.17, 15) is 18.0 Å². The molecule has 0 heterocycles. The molecule has 0 saturated heterocycles. The van der Waals surface area contributed by atoms with Crippen LogP contribution in [0.3, 0.4) is 0 Å². The van der Waals surface area contributed by atoms with Crippen LogP contribution in [0.5, 0.6) is 0 Å². The Hall–Kier alpha value is -2.29. The number of aryl methyl sites for hydroxylation is 2. The van der Waals surface area contributed by atoms with Gasteiger partial charge in [0.1, 0.15) is 12.6 Å². The summed E-state index contributed by atoms with van der Waals surface area (Å²) >= 11 is 12.3. The molecule has 1 fully saturated rings. The van der Waals surface area contributed by atoms with Crippen molar-refractivity contribution in [1.82, 2.24) is 10.2 Å². The van der Waals surface area contributed by atoms with E-state index in [1.54, 1.807) is 37.3 Å². The number of halogens is 2. The Labute approximate surface area is 230 Å². The monoisotopic (exact) mass is 567 g/mol. The van der Waals surface area contributed by atoms with Gasteiger partial charge in [0.2, 0.25) is 21.8 Å². The molecule has 0 bridgehead atoms. The fourth-order valence-electron chi connectivity index (χ4n) is 4.69. The summed E-state index contributed by atoms with van der Waals surface area (Å²) in [7, 11) is -3.79. The SMILES string of the molecule is Cc1cc(C)cc(N(CC(=O)N(Cc2ccc(Cl)c(Cl)c2)[C@@H](C)C(=O)NC2CCCCC2)S(C)(=O)=O)c1. The highest BCUT2D eigenvalue weighted by atomic mass is 35.5. The molecule has 0 spiro atoms. The summed E-state index contributed by atoms with van der Waals surface area (Å²) in [5.41, 5.74) is 2.84. The highest BCUT2D eigenvalue weighted by Gasteiger charge is 2.31. The van der Waals surface area contributed by atoms with Crippen LogP contribution in [0.25, 0.3) is 0 Å². The zero-order valence-electron chi connectivity index (χ0n) is 21.8. The van der Waals surface area contributed by atoms with E-state index >= 15 is 0 Å². The van der Waals surface area contributed by atoms with Crippen LogP contribution in [0.4, 0.5) is 5.69 Å². The molecule has 0 radical (unpaired) electrons. The fraction of sp³-hybridized carbons (Fsp3) is 0.481. The highest BCUT2D eigenvalue weighted by Crippen LogP contribution is 2.25. The summed E-state index contributed by atoms with van der Waals surface area (Å²) in [6.45, 7) is 5.03. The fourth-order valence-corrected chi connectivity index (χ4v) is 5.85. The van der Waals surface area contributed by atoms with E-state index < -0.39 is 28.5 Å². The maximum Gasteiger partial charge on any atom is 0.244 e. The minimum atomic E-state index is -3.79. The second kappa shape index (κ2) is 12.5. The first kappa shape index (κ1) is 29.3. The van der Waals surface area contributed by atoms with E-state index in [4.69, 9.17) is 23.2 Å².